The fourth-order valence-electron chi connectivity index (χ4n) is 2.53. The Morgan fingerprint density at radius 1 is 1.24 bits per heavy atom. The van der Waals surface area contributed by atoms with Crippen LogP contribution in [0.25, 0.3) is 5.82 Å². The zero-order valence-corrected chi connectivity index (χ0v) is 16.3. The van der Waals surface area contributed by atoms with E-state index in [0.29, 0.717) is 35.5 Å². The zero-order chi connectivity index (χ0) is 20.6. The van der Waals surface area contributed by atoms with Gasteiger partial charge in [0.25, 0.3) is 0 Å². The number of pyridine rings is 2. The van der Waals surface area contributed by atoms with E-state index in [1.807, 2.05) is 38.1 Å². The second-order valence-electron chi connectivity index (χ2n) is 6.20. The van der Waals surface area contributed by atoms with Crippen molar-refractivity contribution in [2.45, 2.75) is 13.8 Å². The third kappa shape index (κ3) is 5.39. The number of aromatic nitrogens is 4. The topological polar surface area (TPSA) is 121 Å². The van der Waals surface area contributed by atoms with E-state index in [9.17, 15) is 0 Å². The summed E-state index contributed by atoms with van der Waals surface area (Å²) in [6, 6.07) is 11.0. The molecular formula is C20H23N7O2. The smallest absolute Gasteiger partial charge is 0.224 e. The maximum atomic E-state index is 8.83. The lowest BCUT2D eigenvalue weighted by Gasteiger charge is -2.11. The quantitative estimate of drug-likeness (QED) is 0.326. The van der Waals surface area contributed by atoms with Crippen molar-refractivity contribution >= 4 is 12.0 Å². The van der Waals surface area contributed by atoms with Gasteiger partial charge in [0.1, 0.15) is 11.6 Å². The fourth-order valence-corrected chi connectivity index (χ4v) is 2.53. The minimum Gasteiger partial charge on any atom is -0.439 e. The Bertz CT molecular complexity index is 1010. The molecule has 0 amide bonds. The summed E-state index contributed by atoms with van der Waals surface area (Å²) in [6.45, 7) is 4.21. The Hall–Kier alpha value is -3.72. The normalized spacial score (nSPS) is 11.2. The van der Waals surface area contributed by atoms with Crippen molar-refractivity contribution in [2.75, 3.05) is 18.5 Å². The molecule has 0 radical (unpaired) electrons. The molecule has 9 nitrogen and oxygen atoms in total. The molecule has 0 saturated heterocycles. The van der Waals surface area contributed by atoms with Gasteiger partial charge in [0.15, 0.2) is 5.82 Å². The number of nitrogens with one attached hydrogen (secondary N) is 3. The SMILES string of the molecule is Cc1cccc(-n2nc(C)cc2Oc2ccnc(N/C(C=N)=C/NCCO)c2)n1. The number of allylic oxidation sites excluding steroid dienone is 1. The number of aryl methyl sites for hydroxylation is 2. The number of aliphatic hydroxyl groups excluding tert-OH is 1. The third-order valence-electron chi connectivity index (χ3n) is 3.78. The maximum Gasteiger partial charge on any atom is 0.224 e. The van der Waals surface area contributed by atoms with Gasteiger partial charge in [-0.05, 0) is 32.0 Å². The Morgan fingerprint density at radius 3 is 2.86 bits per heavy atom. The Labute approximate surface area is 168 Å². The molecule has 29 heavy (non-hydrogen) atoms. The molecule has 0 spiro atoms. The lowest BCUT2D eigenvalue weighted by Crippen LogP contribution is -2.14. The number of hydrogen-bond donors (Lipinski definition) is 4. The highest BCUT2D eigenvalue weighted by molar-refractivity contribution is 5.80. The number of aliphatic hydroxyl groups is 1. The number of ether oxygens (including phenoxy) is 1. The standard InChI is InChI=1S/C20H23N7O2/c1-14-4-3-5-19(24-14)27-20(10-15(2)26-27)29-17-6-7-23-18(11-17)25-16(12-21)13-22-8-9-28/h3-7,10-13,21-22,28H,8-9H2,1-2H3,(H,23,25)/b16-13+,21-12?. The van der Waals surface area contributed by atoms with Crippen LogP contribution in [0.5, 0.6) is 11.6 Å². The first-order valence-corrected chi connectivity index (χ1v) is 9.05. The van der Waals surface area contributed by atoms with E-state index < -0.39 is 0 Å². The molecule has 3 aromatic heterocycles. The molecule has 0 aliphatic rings. The molecule has 0 aromatic carbocycles. The lowest BCUT2D eigenvalue weighted by molar-refractivity contribution is 0.298. The summed E-state index contributed by atoms with van der Waals surface area (Å²) >= 11 is 0. The van der Waals surface area contributed by atoms with Gasteiger partial charge in [-0.1, -0.05) is 6.07 Å². The van der Waals surface area contributed by atoms with Gasteiger partial charge in [0.2, 0.25) is 5.88 Å². The molecule has 0 aliphatic carbocycles. The van der Waals surface area contributed by atoms with E-state index in [2.05, 4.69) is 25.7 Å². The average Bonchev–Trinajstić information content (AvgIpc) is 3.07. The van der Waals surface area contributed by atoms with E-state index in [0.717, 1.165) is 17.6 Å². The van der Waals surface area contributed by atoms with E-state index in [1.165, 1.54) is 0 Å². The molecule has 150 valence electrons. The van der Waals surface area contributed by atoms with Gasteiger partial charge in [0.05, 0.1) is 18.0 Å². The van der Waals surface area contributed by atoms with Crippen LogP contribution in [0.15, 0.2) is 54.5 Å². The molecule has 3 rings (SSSR count). The summed E-state index contributed by atoms with van der Waals surface area (Å²) < 4.78 is 7.68. The number of hydrogen-bond acceptors (Lipinski definition) is 8. The highest BCUT2D eigenvalue weighted by Gasteiger charge is 2.12. The van der Waals surface area contributed by atoms with Gasteiger partial charge >= 0.3 is 0 Å². The van der Waals surface area contributed by atoms with Crippen molar-refractivity contribution in [3.8, 4) is 17.4 Å². The fraction of sp³-hybridized carbons (Fsp3) is 0.200. The first-order chi connectivity index (χ1) is 14.1. The predicted octanol–water partition coefficient (Wildman–Crippen LogP) is 2.56. The number of anilines is 1. The monoisotopic (exact) mass is 393 g/mol. The van der Waals surface area contributed by atoms with Gasteiger partial charge in [-0.2, -0.15) is 9.78 Å². The minimum atomic E-state index is 0.00620. The number of nitrogens with zero attached hydrogens (tertiary/aromatic N) is 4. The number of rotatable bonds is 9. The molecule has 3 heterocycles. The molecule has 9 heteroatoms. The molecule has 0 saturated carbocycles. The largest absolute Gasteiger partial charge is 0.439 e. The Balaban J connectivity index is 1.81. The van der Waals surface area contributed by atoms with Gasteiger partial charge in [0, 0.05) is 43.0 Å². The van der Waals surface area contributed by atoms with Crippen LogP contribution in [0.2, 0.25) is 0 Å². The van der Waals surface area contributed by atoms with E-state index in [4.69, 9.17) is 15.3 Å². The van der Waals surface area contributed by atoms with Crippen molar-refractivity contribution < 1.29 is 9.84 Å². The maximum absolute atomic E-state index is 8.83. The highest BCUT2D eigenvalue weighted by Crippen LogP contribution is 2.26. The summed E-state index contributed by atoms with van der Waals surface area (Å²) in [6.07, 6.45) is 4.36. The van der Waals surface area contributed by atoms with Crippen molar-refractivity contribution in [2.24, 2.45) is 0 Å². The Morgan fingerprint density at radius 2 is 2.10 bits per heavy atom. The van der Waals surface area contributed by atoms with Crippen molar-refractivity contribution in [3.63, 3.8) is 0 Å². The second-order valence-corrected chi connectivity index (χ2v) is 6.20. The van der Waals surface area contributed by atoms with Crippen molar-refractivity contribution in [1.82, 2.24) is 25.1 Å². The minimum absolute atomic E-state index is 0.00620. The van der Waals surface area contributed by atoms with Crippen molar-refractivity contribution in [1.29, 1.82) is 5.41 Å². The summed E-state index contributed by atoms with van der Waals surface area (Å²) in [4.78, 5) is 8.75. The summed E-state index contributed by atoms with van der Waals surface area (Å²) in [5, 5.41) is 26.7. The predicted molar refractivity (Wildman–Crippen MR) is 111 cm³/mol. The molecule has 3 aromatic rings. The third-order valence-corrected chi connectivity index (χ3v) is 3.78. The molecule has 0 fully saturated rings. The van der Waals surface area contributed by atoms with Gasteiger partial charge in [-0.15, -0.1) is 0 Å². The van der Waals surface area contributed by atoms with Crippen molar-refractivity contribution in [3.05, 3.63) is 65.9 Å². The molecule has 4 N–H and O–H groups in total. The summed E-state index contributed by atoms with van der Waals surface area (Å²) in [5.74, 6) is 2.28. The first-order valence-electron chi connectivity index (χ1n) is 9.05. The molecule has 0 unspecified atom stereocenters. The molecule has 0 atom stereocenters. The molecule has 0 bridgehead atoms. The molecular weight excluding hydrogens is 370 g/mol. The lowest BCUT2D eigenvalue weighted by atomic mass is 10.4. The van der Waals surface area contributed by atoms with E-state index >= 15 is 0 Å². The van der Waals surface area contributed by atoms with Crippen LogP contribution < -0.4 is 15.4 Å². The second kappa shape index (κ2) is 9.47. The van der Waals surface area contributed by atoms with Crippen LogP contribution >= 0.6 is 0 Å². The Kier molecular flexibility index (Phi) is 6.54. The van der Waals surface area contributed by atoms with E-state index in [1.54, 1.807) is 29.2 Å². The van der Waals surface area contributed by atoms with Crippen LogP contribution in [-0.4, -0.2) is 44.2 Å². The summed E-state index contributed by atoms with van der Waals surface area (Å²) in [7, 11) is 0. The van der Waals surface area contributed by atoms with Gasteiger partial charge < -0.3 is 25.9 Å². The van der Waals surface area contributed by atoms with Crippen LogP contribution in [0.3, 0.4) is 0 Å². The zero-order valence-electron chi connectivity index (χ0n) is 16.3. The van der Waals surface area contributed by atoms with Crippen LogP contribution in [0, 0.1) is 19.3 Å². The highest BCUT2D eigenvalue weighted by atomic mass is 16.5. The first kappa shape index (κ1) is 20.0. The van der Waals surface area contributed by atoms with Gasteiger partial charge in [-0.3, -0.25) is 0 Å². The molecule has 0 aliphatic heterocycles. The average molecular weight is 393 g/mol. The summed E-state index contributed by atoms with van der Waals surface area (Å²) in [5.41, 5.74) is 2.19. The van der Waals surface area contributed by atoms with Gasteiger partial charge in [-0.25, -0.2) is 9.97 Å². The van der Waals surface area contributed by atoms with E-state index in [-0.39, 0.29) is 6.61 Å². The van der Waals surface area contributed by atoms with Crippen LogP contribution in [0.1, 0.15) is 11.4 Å². The van der Waals surface area contributed by atoms with Crippen LogP contribution in [-0.2, 0) is 0 Å². The van der Waals surface area contributed by atoms with Crippen LogP contribution in [0.4, 0.5) is 5.82 Å².